The zero-order valence-electron chi connectivity index (χ0n) is 14.7. The minimum Gasteiger partial charge on any atom is -0.497 e. The molecule has 1 aliphatic heterocycles. The average Bonchev–Trinajstić information content (AvgIpc) is 2.95. The number of ether oxygens (including phenoxy) is 3. The van der Waals surface area contributed by atoms with E-state index < -0.39 is 5.60 Å². The third-order valence-corrected chi connectivity index (χ3v) is 4.51. The lowest BCUT2D eigenvalue weighted by atomic mass is 9.97. The van der Waals surface area contributed by atoms with Gasteiger partial charge in [0.1, 0.15) is 11.4 Å². The lowest BCUT2D eigenvalue weighted by Crippen LogP contribution is -2.55. The van der Waals surface area contributed by atoms with Crippen molar-refractivity contribution in [3.8, 4) is 5.75 Å². The number of amides is 1. The van der Waals surface area contributed by atoms with E-state index in [9.17, 15) is 4.79 Å². The van der Waals surface area contributed by atoms with Gasteiger partial charge in [-0.15, -0.1) is 0 Å². The van der Waals surface area contributed by atoms with Crippen molar-refractivity contribution in [2.45, 2.75) is 18.6 Å². The molecule has 25 heavy (non-hydrogen) atoms. The number of aromatic nitrogens is 1. The number of aromatic amines is 1. The Morgan fingerprint density at radius 1 is 1.40 bits per heavy atom. The SMILES string of the molecule is COC[C@@]1(CC(N)=O)CN(Cc2cc3cc(OC)ccc3[nH]2)CCO1. The van der Waals surface area contributed by atoms with Crippen LogP contribution in [0.5, 0.6) is 5.75 Å². The van der Waals surface area contributed by atoms with Gasteiger partial charge >= 0.3 is 0 Å². The molecule has 1 aromatic heterocycles. The predicted octanol–water partition coefficient (Wildman–Crippen LogP) is 1.27. The highest BCUT2D eigenvalue weighted by Gasteiger charge is 2.38. The molecule has 1 saturated heterocycles. The first-order valence-electron chi connectivity index (χ1n) is 8.33. The number of methoxy groups -OCH3 is 2. The molecule has 0 spiro atoms. The van der Waals surface area contributed by atoms with Gasteiger partial charge in [0, 0.05) is 43.3 Å². The molecule has 1 aromatic carbocycles. The molecular weight excluding hydrogens is 322 g/mol. The number of fused-ring (bicyclic) bond motifs is 1. The first-order chi connectivity index (χ1) is 12.0. The van der Waals surface area contributed by atoms with Gasteiger partial charge in [-0.05, 0) is 24.3 Å². The fourth-order valence-corrected chi connectivity index (χ4v) is 3.51. The fraction of sp³-hybridized carbons (Fsp3) is 0.500. The van der Waals surface area contributed by atoms with Crippen LogP contribution in [-0.2, 0) is 20.8 Å². The number of primary amides is 1. The normalized spacial score (nSPS) is 21.5. The zero-order chi connectivity index (χ0) is 17.9. The Kier molecular flexibility index (Phi) is 5.27. The maximum Gasteiger partial charge on any atom is 0.220 e. The lowest BCUT2D eigenvalue weighted by Gasteiger charge is -2.41. The van der Waals surface area contributed by atoms with E-state index in [4.69, 9.17) is 19.9 Å². The van der Waals surface area contributed by atoms with Gasteiger partial charge in [-0.2, -0.15) is 0 Å². The number of H-pyrrole nitrogens is 1. The zero-order valence-corrected chi connectivity index (χ0v) is 14.7. The number of hydrogen-bond acceptors (Lipinski definition) is 5. The van der Waals surface area contributed by atoms with Gasteiger partial charge in [0.05, 0.1) is 26.7 Å². The topological polar surface area (TPSA) is 89.8 Å². The summed E-state index contributed by atoms with van der Waals surface area (Å²) in [6.07, 6.45) is 0.154. The van der Waals surface area contributed by atoms with E-state index in [0.29, 0.717) is 19.8 Å². The molecule has 3 rings (SSSR count). The Labute approximate surface area is 147 Å². The molecule has 1 aliphatic rings. The molecule has 136 valence electrons. The van der Waals surface area contributed by atoms with Crippen molar-refractivity contribution >= 4 is 16.8 Å². The van der Waals surface area contributed by atoms with Crippen LogP contribution in [0.15, 0.2) is 24.3 Å². The molecule has 0 bridgehead atoms. The molecule has 7 heteroatoms. The van der Waals surface area contributed by atoms with Gasteiger partial charge in [0.25, 0.3) is 0 Å². The molecule has 1 atom stereocenters. The summed E-state index contributed by atoms with van der Waals surface area (Å²) in [7, 11) is 3.27. The Bertz CT molecular complexity index is 741. The molecule has 0 saturated carbocycles. The number of rotatable bonds is 7. The van der Waals surface area contributed by atoms with Gasteiger partial charge in [0.15, 0.2) is 0 Å². The van der Waals surface area contributed by atoms with Crippen molar-refractivity contribution in [3.05, 3.63) is 30.0 Å². The van der Waals surface area contributed by atoms with Crippen LogP contribution in [0.1, 0.15) is 12.1 Å². The minimum atomic E-state index is -0.673. The number of nitrogens with one attached hydrogen (secondary N) is 1. The Balaban J connectivity index is 1.74. The average molecular weight is 347 g/mol. The monoisotopic (exact) mass is 347 g/mol. The van der Waals surface area contributed by atoms with E-state index in [1.54, 1.807) is 14.2 Å². The van der Waals surface area contributed by atoms with E-state index >= 15 is 0 Å². The number of morpholine rings is 1. The van der Waals surface area contributed by atoms with Crippen LogP contribution in [0.3, 0.4) is 0 Å². The molecule has 0 radical (unpaired) electrons. The minimum absolute atomic E-state index is 0.154. The first-order valence-corrected chi connectivity index (χ1v) is 8.33. The number of carbonyl (C=O) groups is 1. The van der Waals surface area contributed by atoms with Crippen molar-refractivity contribution in [2.75, 3.05) is 40.5 Å². The van der Waals surface area contributed by atoms with Gasteiger partial charge in [0.2, 0.25) is 5.91 Å². The summed E-state index contributed by atoms with van der Waals surface area (Å²) < 4.78 is 16.4. The molecule has 0 aliphatic carbocycles. The summed E-state index contributed by atoms with van der Waals surface area (Å²) in [6, 6.07) is 8.09. The Hall–Kier alpha value is -2.09. The standard InChI is InChI=1S/C18H25N3O4/c1-23-12-18(9-17(19)22)11-21(5-6-25-18)10-14-7-13-8-15(24-2)3-4-16(13)20-14/h3-4,7-8,20H,5-6,9-12H2,1-2H3,(H2,19,22)/t18-/m1/s1. The number of nitrogens with two attached hydrogens (primary N) is 1. The third kappa shape index (κ3) is 4.12. The van der Waals surface area contributed by atoms with Gasteiger partial charge in [-0.3, -0.25) is 9.69 Å². The van der Waals surface area contributed by atoms with Gasteiger partial charge in [-0.1, -0.05) is 0 Å². The number of hydrogen-bond donors (Lipinski definition) is 2. The van der Waals surface area contributed by atoms with Crippen LogP contribution in [0.25, 0.3) is 10.9 Å². The second-order valence-corrected chi connectivity index (χ2v) is 6.57. The van der Waals surface area contributed by atoms with Crippen LogP contribution in [0.2, 0.25) is 0 Å². The lowest BCUT2D eigenvalue weighted by molar-refractivity contribution is -0.154. The summed E-state index contributed by atoms with van der Waals surface area (Å²) in [5.74, 6) is 0.460. The Morgan fingerprint density at radius 2 is 2.24 bits per heavy atom. The van der Waals surface area contributed by atoms with E-state index in [2.05, 4.69) is 16.0 Å². The molecule has 3 N–H and O–H groups in total. The molecule has 2 aromatic rings. The number of carbonyl (C=O) groups excluding carboxylic acids is 1. The van der Waals surface area contributed by atoms with Crippen molar-refractivity contribution in [1.82, 2.24) is 9.88 Å². The summed E-state index contributed by atoms with van der Waals surface area (Å²) in [4.78, 5) is 17.1. The van der Waals surface area contributed by atoms with E-state index in [1.165, 1.54) is 0 Å². The van der Waals surface area contributed by atoms with Crippen molar-refractivity contribution in [2.24, 2.45) is 5.73 Å². The molecular formula is C18H25N3O4. The van der Waals surface area contributed by atoms with E-state index in [1.807, 2.05) is 18.2 Å². The Morgan fingerprint density at radius 3 is 2.96 bits per heavy atom. The third-order valence-electron chi connectivity index (χ3n) is 4.51. The maximum absolute atomic E-state index is 11.4. The quantitative estimate of drug-likeness (QED) is 0.787. The number of benzene rings is 1. The highest BCUT2D eigenvalue weighted by molar-refractivity contribution is 5.81. The molecule has 2 heterocycles. The van der Waals surface area contributed by atoms with Crippen LogP contribution >= 0.6 is 0 Å². The van der Waals surface area contributed by atoms with E-state index in [-0.39, 0.29) is 12.3 Å². The van der Waals surface area contributed by atoms with Crippen LogP contribution in [0.4, 0.5) is 0 Å². The highest BCUT2D eigenvalue weighted by atomic mass is 16.5. The maximum atomic E-state index is 11.4. The summed E-state index contributed by atoms with van der Waals surface area (Å²) >= 11 is 0. The number of nitrogens with zero attached hydrogens (tertiary/aromatic N) is 1. The molecule has 7 nitrogen and oxygen atoms in total. The van der Waals surface area contributed by atoms with Crippen molar-refractivity contribution in [1.29, 1.82) is 0 Å². The predicted molar refractivity (Wildman–Crippen MR) is 94.5 cm³/mol. The molecule has 1 fully saturated rings. The summed E-state index contributed by atoms with van der Waals surface area (Å²) in [5, 5.41) is 1.11. The van der Waals surface area contributed by atoms with Crippen LogP contribution in [0, 0.1) is 0 Å². The van der Waals surface area contributed by atoms with Gasteiger partial charge < -0.3 is 24.9 Å². The molecule has 0 unspecified atom stereocenters. The van der Waals surface area contributed by atoms with E-state index in [0.717, 1.165) is 35.4 Å². The highest BCUT2D eigenvalue weighted by Crippen LogP contribution is 2.26. The van der Waals surface area contributed by atoms with Crippen LogP contribution in [-0.4, -0.2) is 61.9 Å². The fourth-order valence-electron chi connectivity index (χ4n) is 3.51. The van der Waals surface area contributed by atoms with Crippen molar-refractivity contribution < 1.29 is 19.0 Å². The summed E-state index contributed by atoms with van der Waals surface area (Å²) in [6.45, 7) is 3.02. The molecule has 1 amide bonds. The van der Waals surface area contributed by atoms with Crippen molar-refractivity contribution in [3.63, 3.8) is 0 Å². The second-order valence-electron chi connectivity index (χ2n) is 6.57. The van der Waals surface area contributed by atoms with Gasteiger partial charge in [-0.25, -0.2) is 0 Å². The van der Waals surface area contributed by atoms with Crippen LogP contribution < -0.4 is 10.5 Å². The summed E-state index contributed by atoms with van der Waals surface area (Å²) in [5.41, 5.74) is 6.91. The smallest absolute Gasteiger partial charge is 0.220 e. The first kappa shape index (κ1) is 17.7. The largest absolute Gasteiger partial charge is 0.497 e. The second kappa shape index (κ2) is 7.43.